The van der Waals surface area contributed by atoms with Crippen LogP contribution in [0.4, 0.5) is 0 Å². The Kier molecular flexibility index (Phi) is 4.77. The Labute approximate surface area is 72.9 Å². The Bertz CT molecular complexity index is 224. The zero-order valence-corrected chi connectivity index (χ0v) is 7.34. The van der Waals surface area contributed by atoms with Crippen molar-refractivity contribution in [3.63, 3.8) is 0 Å². The molecule has 0 rings (SSSR count). The monoisotopic (exact) mass is 166 g/mol. The van der Waals surface area contributed by atoms with Crippen molar-refractivity contribution in [1.82, 2.24) is 0 Å². The van der Waals surface area contributed by atoms with E-state index in [1.807, 2.05) is 0 Å². The van der Waals surface area contributed by atoms with E-state index in [9.17, 15) is 4.79 Å². The van der Waals surface area contributed by atoms with E-state index in [1.54, 1.807) is 19.1 Å². The van der Waals surface area contributed by atoms with E-state index in [0.29, 0.717) is 18.4 Å². The second-order valence-electron chi connectivity index (χ2n) is 2.55. The molecule has 0 amide bonds. The van der Waals surface area contributed by atoms with Crippen molar-refractivity contribution in [2.75, 3.05) is 0 Å². The highest BCUT2D eigenvalue weighted by atomic mass is 16.4. The molecule has 0 bridgehead atoms. The molecule has 0 heterocycles. The summed E-state index contributed by atoms with van der Waals surface area (Å²) in [4.78, 5) is 10.7. The normalized spacial score (nSPS) is 11.8. The number of aliphatic carboxylic acids is 1. The van der Waals surface area contributed by atoms with Gasteiger partial charge < -0.3 is 5.11 Å². The van der Waals surface area contributed by atoms with E-state index in [4.69, 9.17) is 5.11 Å². The lowest BCUT2D eigenvalue weighted by Gasteiger charge is -2.02. The molecule has 0 saturated carbocycles. The van der Waals surface area contributed by atoms with Gasteiger partial charge in [0.15, 0.2) is 0 Å². The lowest BCUT2D eigenvalue weighted by Crippen LogP contribution is -2.02. The predicted octanol–water partition coefficient (Wildman–Crippen LogP) is 2.54. The molecule has 0 aliphatic heterocycles. The predicted molar refractivity (Wildman–Crippen MR) is 50.0 cm³/mol. The van der Waals surface area contributed by atoms with Gasteiger partial charge in [-0.2, -0.15) is 0 Å². The fraction of sp³-hybridized carbons (Fsp3) is 0.300. The third kappa shape index (κ3) is 3.19. The van der Waals surface area contributed by atoms with Crippen LogP contribution in [0, 0.1) is 0 Å². The van der Waals surface area contributed by atoms with Gasteiger partial charge in [0.25, 0.3) is 0 Å². The maximum Gasteiger partial charge on any atom is 0.331 e. The molecule has 0 spiro atoms. The maximum atomic E-state index is 10.7. The third-order valence-electron chi connectivity index (χ3n) is 1.57. The Morgan fingerprint density at radius 2 is 1.83 bits per heavy atom. The molecule has 0 atom stereocenters. The molecule has 0 aromatic rings. The van der Waals surface area contributed by atoms with E-state index in [1.165, 1.54) is 0 Å². The van der Waals surface area contributed by atoms with Crippen LogP contribution in [0.15, 0.2) is 36.5 Å². The fourth-order valence-corrected chi connectivity index (χ4v) is 0.928. The second-order valence-corrected chi connectivity index (χ2v) is 2.55. The molecule has 0 aromatic heterocycles. The number of hydrogen-bond acceptors (Lipinski definition) is 1. The molecule has 12 heavy (non-hydrogen) atoms. The maximum absolute atomic E-state index is 10.7. The van der Waals surface area contributed by atoms with Crippen LogP contribution in [0.25, 0.3) is 0 Å². The number of hydrogen-bond donors (Lipinski definition) is 1. The van der Waals surface area contributed by atoms with E-state index in [0.717, 1.165) is 5.57 Å². The number of rotatable bonds is 5. The van der Waals surface area contributed by atoms with Gasteiger partial charge in [0, 0.05) is 5.57 Å². The largest absolute Gasteiger partial charge is 0.478 e. The summed E-state index contributed by atoms with van der Waals surface area (Å²) in [6.45, 7) is 8.85. The average Bonchev–Trinajstić information content (AvgIpc) is 1.99. The number of carbonyl (C=O) groups is 1. The van der Waals surface area contributed by atoms with E-state index in [2.05, 4.69) is 13.2 Å². The topological polar surface area (TPSA) is 37.3 Å². The summed E-state index contributed by atoms with van der Waals surface area (Å²) in [6.07, 6.45) is 4.32. The number of carboxylic acid groups (broad SMARTS) is 1. The first-order valence-corrected chi connectivity index (χ1v) is 3.77. The van der Waals surface area contributed by atoms with Gasteiger partial charge in [-0.25, -0.2) is 4.79 Å². The summed E-state index contributed by atoms with van der Waals surface area (Å²) in [5.74, 6) is -0.866. The fourth-order valence-electron chi connectivity index (χ4n) is 0.928. The summed E-state index contributed by atoms with van der Waals surface area (Å²) in [7, 11) is 0. The summed E-state index contributed by atoms with van der Waals surface area (Å²) in [5.41, 5.74) is 1.27. The standard InChI is InChI=1S/C10H14O2/c1-4-6-8(3)9(7-5-2)10(11)12/h4-5H,1-2,6-7H2,3H3,(H,11,12). The van der Waals surface area contributed by atoms with Crippen LogP contribution in [-0.2, 0) is 4.79 Å². The number of carboxylic acids is 1. The quantitative estimate of drug-likeness (QED) is 0.503. The van der Waals surface area contributed by atoms with Crippen LogP contribution in [0.3, 0.4) is 0 Å². The SMILES string of the molecule is C=CCC(C)=C(CC=C)C(=O)O. The van der Waals surface area contributed by atoms with Crippen LogP contribution < -0.4 is 0 Å². The molecule has 0 radical (unpaired) electrons. The van der Waals surface area contributed by atoms with Gasteiger partial charge in [0.1, 0.15) is 0 Å². The lowest BCUT2D eigenvalue weighted by atomic mass is 10.0. The minimum atomic E-state index is -0.866. The molecule has 0 unspecified atom stereocenters. The highest BCUT2D eigenvalue weighted by molar-refractivity contribution is 5.87. The van der Waals surface area contributed by atoms with Crippen LogP contribution in [0.2, 0.25) is 0 Å². The van der Waals surface area contributed by atoms with Crippen molar-refractivity contribution in [1.29, 1.82) is 0 Å². The average molecular weight is 166 g/mol. The molecule has 0 saturated heterocycles. The lowest BCUT2D eigenvalue weighted by molar-refractivity contribution is -0.132. The molecule has 0 aliphatic rings. The molecular formula is C10H14O2. The molecule has 2 heteroatoms. The first-order valence-electron chi connectivity index (χ1n) is 3.77. The van der Waals surface area contributed by atoms with E-state index >= 15 is 0 Å². The van der Waals surface area contributed by atoms with Crippen molar-refractivity contribution < 1.29 is 9.90 Å². The van der Waals surface area contributed by atoms with Gasteiger partial charge >= 0.3 is 5.97 Å². The van der Waals surface area contributed by atoms with Crippen LogP contribution in [0.1, 0.15) is 19.8 Å². The van der Waals surface area contributed by atoms with Gasteiger partial charge in [-0.05, 0) is 19.8 Å². The van der Waals surface area contributed by atoms with Crippen molar-refractivity contribution in [2.24, 2.45) is 0 Å². The first kappa shape index (κ1) is 10.7. The summed E-state index contributed by atoms with van der Waals surface area (Å²) in [5, 5.41) is 8.76. The number of allylic oxidation sites excluding steroid dienone is 3. The molecule has 2 nitrogen and oxygen atoms in total. The summed E-state index contributed by atoms with van der Waals surface area (Å²) >= 11 is 0. The molecule has 0 aromatic carbocycles. The van der Waals surface area contributed by atoms with Gasteiger partial charge in [-0.15, -0.1) is 13.2 Å². The van der Waals surface area contributed by atoms with E-state index < -0.39 is 5.97 Å². The third-order valence-corrected chi connectivity index (χ3v) is 1.57. The smallest absolute Gasteiger partial charge is 0.331 e. The highest BCUT2D eigenvalue weighted by Gasteiger charge is 2.07. The Morgan fingerprint density at radius 3 is 2.17 bits per heavy atom. The second kappa shape index (κ2) is 5.35. The molecular weight excluding hydrogens is 152 g/mol. The van der Waals surface area contributed by atoms with Crippen molar-refractivity contribution >= 4 is 5.97 Å². The Hall–Kier alpha value is -1.31. The molecule has 0 aliphatic carbocycles. The van der Waals surface area contributed by atoms with Crippen molar-refractivity contribution in [3.05, 3.63) is 36.5 Å². The van der Waals surface area contributed by atoms with Gasteiger partial charge in [-0.3, -0.25) is 0 Å². The summed E-state index contributed by atoms with van der Waals surface area (Å²) in [6, 6.07) is 0. The summed E-state index contributed by atoms with van der Waals surface area (Å²) < 4.78 is 0. The first-order chi connectivity index (χ1) is 5.63. The van der Waals surface area contributed by atoms with Crippen molar-refractivity contribution in [2.45, 2.75) is 19.8 Å². The Balaban J connectivity index is 4.64. The molecule has 0 fully saturated rings. The minimum absolute atomic E-state index is 0.412. The van der Waals surface area contributed by atoms with Gasteiger partial charge in [-0.1, -0.05) is 17.7 Å². The molecule has 66 valence electrons. The van der Waals surface area contributed by atoms with Crippen molar-refractivity contribution in [3.8, 4) is 0 Å². The van der Waals surface area contributed by atoms with Crippen LogP contribution in [-0.4, -0.2) is 11.1 Å². The zero-order valence-electron chi connectivity index (χ0n) is 7.34. The van der Waals surface area contributed by atoms with Crippen LogP contribution in [0.5, 0.6) is 0 Å². The zero-order chi connectivity index (χ0) is 9.56. The molecule has 1 N–H and O–H groups in total. The van der Waals surface area contributed by atoms with Gasteiger partial charge in [0.2, 0.25) is 0 Å². The van der Waals surface area contributed by atoms with Gasteiger partial charge in [0.05, 0.1) is 0 Å². The minimum Gasteiger partial charge on any atom is -0.478 e. The highest BCUT2D eigenvalue weighted by Crippen LogP contribution is 2.12. The van der Waals surface area contributed by atoms with E-state index in [-0.39, 0.29) is 0 Å². The van der Waals surface area contributed by atoms with Crippen LogP contribution >= 0.6 is 0 Å². The Morgan fingerprint density at radius 1 is 1.33 bits per heavy atom.